The molecule has 6 heteroatoms. The topological polar surface area (TPSA) is 26.0 Å². The van der Waals surface area contributed by atoms with Crippen molar-refractivity contribution in [2.75, 3.05) is 6.26 Å². The zero-order valence-electron chi connectivity index (χ0n) is 13.7. The standard InChI is InChI=1S/C19H16F3NOS/c1-12-3-5-13(6-4-12)17-18(14-7-9-15(25-2)10-8-14)24-16(23-17)11-19(20,21)22/h3-10H,11H2,1-2H3. The van der Waals surface area contributed by atoms with Crippen molar-refractivity contribution in [1.29, 1.82) is 0 Å². The van der Waals surface area contributed by atoms with Crippen LogP contribution in [0.5, 0.6) is 0 Å². The molecule has 0 aliphatic carbocycles. The second-order valence-corrected chi connectivity index (χ2v) is 6.55. The third-order valence-corrected chi connectivity index (χ3v) is 4.44. The highest BCUT2D eigenvalue weighted by molar-refractivity contribution is 7.98. The Hall–Kier alpha value is -2.21. The van der Waals surface area contributed by atoms with Gasteiger partial charge in [-0.25, -0.2) is 4.98 Å². The van der Waals surface area contributed by atoms with Crippen LogP contribution in [0.2, 0.25) is 0 Å². The van der Waals surface area contributed by atoms with E-state index in [9.17, 15) is 13.2 Å². The minimum absolute atomic E-state index is 0.327. The first-order valence-corrected chi connectivity index (χ1v) is 8.86. The molecule has 0 fully saturated rings. The normalized spacial score (nSPS) is 11.7. The van der Waals surface area contributed by atoms with Crippen LogP contribution in [0, 0.1) is 6.92 Å². The van der Waals surface area contributed by atoms with Gasteiger partial charge in [-0.15, -0.1) is 11.8 Å². The molecule has 25 heavy (non-hydrogen) atoms. The van der Waals surface area contributed by atoms with E-state index in [-0.39, 0.29) is 5.89 Å². The number of rotatable bonds is 4. The summed E-state index contributed by atoms with van der Waals surface area (Å²) in [6.07, 6.45) is -3.59. The van der Waals surface area contributed by atoms with Crippen LogP contribution in [-0.2, 0) is 6.42 Å². The van der Waals surface area contributed by atoms with Crippen LogP contribution in [0.3, 0.4) is 0 Å². The average Bonchev–Trinajstić information content (AvgIpc) is 2.97. The Morgan fingerprint density at radius 1 is 0.960 bits per heavy atom. The highest BCUT2D eigenvalue weighted by Gasteiger charge is 2.31. The summed E-state index contributed by atoms with van der Waals surface area (Å²) in [5, 5.41) is 0. The molecule has 0 radical (unpaired) electrons. The summed E-state index contributed by atoms with van der Waals surface area (Å²) >= 11 is 1.59. The van der Waals surface area contributed by atoms with Crippen molar-refractivity contribution in [3.63, 3.8) is 0 Å². The fourth-order valence-corrected chi connectivity index (χ4v) is 2.86. The number of aromatic nitrogens is 1. The zero-order chi connectivity index (χ0) is 18.0. The Bertz CT molecular complexity index is 852. The lowest BCUT2D eigenvalue weighted by Crippen LogP contribution is -2.11. The van der Waals surface area contributed by atoms with E-state index in [0.717, 1.165) is 16.0 Å². The molecule has 130 valence electrons. The van der Waals surface area contributed by atoms with Crippen LogP contribution < -0.4 is 0 Å². The Kier molecular flexibility index (Phi) is 4.90. The van der Waals surface area contributed by atoms with E-state index in [1.807, 2.05) is 61.7 Å². The number of hydrogen-bond acceptors (Lipinski definition) is 3. The molecule has 0 N–H and O–H groups in total. The smallest absolute Gasteiger partial charge is 0.397 e. The highest BCUT2D eigenvalue weighted by Crippen LogP contribution is 2.35. The lowest BCUT2D eigenvalue weighted by molar-refractivity contribution is -0.130. The number of halogens is 3. The first kappa shape index (κ1) is 17.6. The molecule has 0 spiro atoms. The van der Waals surface area contributed by atoms with E-state index in [1.54, 1.807) is 11.8 Å². The van der Waals surface area contributed by atoms with E-state index in [2.05, 4.69) is 4.98 Å². The molecule has 0 amide bonds. The molecule has 0 bridgehead atoms. The molecule has 2 aromatic carbocycles. The quantitative estimate of drug-likeness (QED) is 0.521. The van der Waals surface area contributed by atoms with E-state index in [4.69, 9.17) is 4.42 Å². The lowest BCUT2D eigenvalue weighted by Gasteiger charge is -2.03. The zero-order valence-corrected chi connectivity index (χ0v) is 14.5. The van der Waals surface area contributed by atoms with Crippen molar-refractivity contribution < 1.29 is 17.6 Å². The molecule has 0 atom stereocenters. The Morgan fingerprint density at radius 3 is 2.12 bits per heavy atom. The number of aryl methyl sites for hydroxylation is 1. The maximum atomic E-state index is 12.7. The molecule has 0 aliphatic rings. The number of benzene rings is 2. The minimum atomic E-state index is -4.37. The largest absolute Gasteiger partial charge is 0.440 e. The molecule has 0 aliphatic heterocycles. The van der Waals surface area contributed by atoms with Gasteiger partial charge in [-0.3, -0.25) is 0 Å². The van der Waals surface area contributed by atoms with Gasteiger partial charge in [0.25, 0.3) is 0 Å². The lowest BCUT2D eigenvalue weighted by atomic mass is 10.0. The molecular weight excluding hydrogens is 347 g/mol. The van der Waals surface area contributed by atoms with E-state index >= 15 is 0 Å². The predicted octanol–water partition coefficient (Wildman–Crippen LogP) is 6.14. The van der Waals surface area contributed by atoms with Crippen molar-refractivity contribution >= 4 is 11.8 Å². The first-order valence-electron chi connectivity index (χ1n) is 7.63. The maximum Gasteiger partial charge on any atom is 0.397 e. The summed E-state index contributed by atoms with van der Waals surface area (Å²) in [5.41, 5.74) is 2.92. The van der Waals surface area contributed by atoms with Crippen LogP contribution in [0.1, 0.15) is 11.5 Å². The van der Waals surface area contributed by atoms with Gasteiger partial charge in [-0.1, -0.05) is 42.0 Å². The molecule has 0 unspecified atom stereocenters. The molecule has 1 aromatic heterocycles. The van der Waals surface area contributed by atoms with Crippen molar-refractivity contribution in [1.82, 2.24) is 4.98 Å². The molecule has 0 saturated heterocycles. The fraction of sp³-hybridized carbons (Fsp3) is 0.211. The van der Waals surface area contributed by atoms with Crippen molar-refractivity contribution in [2.45, 2.75) is 24.4 Å². The van der Waals surface area contributed by atoms with Gasteiger partial charge in [0.1, 0.15) is 12.1 Å². The van der Waals surface area contributed by atoms with Crippen LogP contribution in [0.15, 0.2) is 57.8 Å². The van der Waals surface area contributed by atoms with Gasteiger partial charge in [0, 0.05) is 16.0 Å². The number of hydrogen-bond donors (Lipinski definition) is 0. The summed E-state index contributed by atoms with van der Waals surface area (Å²) in [4.78, 5) is 5.19. The Balaban J connectivity index is 2.08. The van der Waals surface area contributed by atoms with Gasteiger partial charge in [-0.2, -0.15) is 13.2 Å². The second-order valence-electron chi connectivity index (χ2n) is 5.67. The summed E-state index contributed by atoms with van der Waals surface area (Å²) in [6.45, 7) is 1.95. The number of thioether (sulfide) groups is 1. The third-order valence-electron chi connectivity index (χ3n) is 3.70. The van der Waals surface area contributed by atoms with Crippen LogP contribution in [0.25, 0.3) is 22.6 Å². The van der Waals surface area contributed by atoms with Crippen LogP contribution >= 0.6 is 11.8 Å². The predicted molar refractivity (Wildman–Crippen MR) is 93.7 cm³/mol. The van der Waals surface area contributed by atoms with Crippen molar-refractivity contribution in [3.05, 3.63) is 60.0 Å². The number of alkyl halides is 3. The second kappa shape index (κ2) is 6.96. The van der Waals surface area contributed by atoms with Gasteiger partial charge in [0.2, 0.25) is 5.89 Å². The summed E-state index contributed by atoms with van der Waals surface area (Å²) in [7, 11) is 0. The highest BCUT2D eigenvalue weighted by atomic mass is 32.2. The summed E-state index contributed by atoms with van der Waals surface area (Å²) < 4.78 is 43.7. The number of oxazole rings is 1. The summed E-state index contributed by atoms with van der Waals surface area (Å²) in [5.74, 6) is 0.0303. The van der Waals surface area contributed by atoms with Gasteiger partial charge in [0.15, 0.2) is 5.76 Å². The minimum Gasteiger partial charge on any atom is -0.440 e. The monoisotopic (exact) mass is 363 g/mol. The molecule has 1 heterocycles. The Labute approximate surface area is 148 Å². The van der Waals surface area contributed by atoms with Crippen LogP contribution in [-0.4, -0.2) is 17.4 Å². The van der Waals surface area contributed by atoms with E-state index in [1.165, 1.54) is 0 Å². The van der Waals surface area contributed by atoms with Crippen LogP contribution in [0.4, 0.5) is 13.2 Å². The first-order chi connectivity index (χ1) is 11.9. The molecule has 3 rings (SSSR count). The molecule has 0 saturated carbocycles. The van der Waals surface area contributed by atoms with Gasteiger partial charge >= 0.3 is 6.18 Å². The third kappa shape index (κ3) is 4.25. The van der Waals surface area contributed by atoms with E-state index in [0.29, 0.717) is 17.0 Å². The van der Waals surface area contributed by atoms with Crippen molar-refractivity contribution in [3.8, 4) is 22.6 Å². The number of nitrogens with zero attached hydrogens (tertiary/aromatic N) is 1. The SMILES string of the molecule is CSc1ccc(-c2oc(CC(F)(F)F)nc2-c2ccc(C)cc2)cc1. The fourth-order valence-electron chi connectivity index (χ4n) is 2.46. The maximum absolute atomic E-state index is 12.7. The Morgan fingerprint density at radius 2 is 1.56 bits per heavy atom. The van der Waals surface area contributed by atoms with Crippen molar-refractivity contribution in [2.24, 2.45) is 0 Å². The van der Waals surface area contributed by atoms with E-state index < -0.39 is 12.6 Å². The van der Waals surface area contributed by atoms with Gasteiger partial charge in [0.05, 0.1) is 0 Å². The average molecular weight is 363 g/mol. The summed E-state index contributed by atoms with van der Waals surface area (Å²) in [6, 6.07) is 15.0. The molecule has 2 nitrogen and oxygen atoms in total. The molecular formula is C19H16F3NOS. The van der Waals surface area contributed by atoms with Gasteiger partial charge < -0.3 is 4.42 Å². The van der Waals surface area contributed by atoms with Gasteiger partial charge in [-0.05, 0) is 25.3 Å². The molecule has 3 aromatic rings.